The van der Waals surface area contributed by atoms with Crippen molar-refractivity contribution in [1.29, 1.82) is 0 Å². The second kappa shape index (κ2) is 8.18. The summed E-state index contributed by atoms with van der Waals surface area (Å²) in [7, 11) is 0. The van der Waals surface area contributed by atoms with Gasteiger partial charge in [0.1, 0.15) is 5.75 Å². The molecular formula is C19H17ClN2OS. The molecule has 0 saturated carbocycles. The number of rotatable bonds is 6. The number of ether oxygens (including phenoxy) is 1. The van der Waals surface area contributed by atoms with Crippen molar-refractivity contribution in [3.05, 3.63) is 76.9 Å². The lowest BCUT2D eigenvalue weighted by molar-refractivity contribution is 0.454. The SMILES string of the molecule is CCc1cc(Oc2ccccc2)nc(SCc2cccc(Cl)c2)n1. The molecule has 3 nitrogen and oxygen atoms in total. The average Bonchev–Trinajstić information content (AvgIpc) is 2.61. The largest absolute Gasteiger partial charge is 0.439 e. The van der Waals surface area contributed by atoms with Crippen molar-refractivity contribution in [3.8, 4) is 11.6 Å². The topological polar surface area (TPSA) is 35.0 Å². The Labute approximate surface area is 151 Å². The fraction of sp³-hybridized carbons (Fsp3) is 0.158. The van der Waals surface area contributed by atoms with Gasteiger partial charge < -0.3 is 4.74 Å². The molecule has 24 heavy (non-hydrogen) atoms. The molecule has 0 spiro atoms. The highest BCUT2D eigenvalue weighted by atomic mass is 35.5. The molecule has 0 radical (unpaired) electrons. The Bertz CT molecular complexity index is 811. The van der Waals surface area contributed by atoms with Crippen LogP contribution < -0.4 is 4.74 Å². The van der Waals surface area contributed by atoms with Crippen LogP contribution in [0.5, 0.6) is 11.6 Å². The van der Waals surface area contributed by atoms with Crippen LogP contribution in [0.2, 0.25) is 5.02 Å². The summed E-state index contributed by atoms with van der Waals surface area (Å²) in [6.45, 7) is 2.07. The van der Waals surface area contributed by atoms with Crippen LogP contribution >= 0.6 is 23.4 Å². The quantitative estimate of drug-likeness (QED) is 0.414. The average molecular weight is 357 g/mol. The van der Waals surface area contributed by atoms with Gasteiger partial charge in [0.15, 0.2) is 5.16 Å². The lowest BCUT2D eigenvalue weighted by atomic mass is 10.2. The number of halogens is 1. The Morgan fingerprint density at radius 2 is 1.83 bits per heavy atom. The minimum Gasteiger partial charge on any atom is -0.439 e. The van der Waals surface area contributed by atoms with Crippen LogP contribution in [0.1, 0.15) is 18.2 Å². The lowest BCUT2D eigenvalue weighted by Gasteiger charge is -2.08. The van der Waals surface area contributed by atoms with Gasteiger partial charge in [0.05, 0.1) is 0 Å². The number of thioether (sulfide) groups is 1. The number of hydrogen-bond acceptors (Lipinski definition) is 4. The van der Waals surface area contributed by atoms with E-state index < -0.39 is 0 Å². The van der Waals surface area contributed by atoms with Crippen molar-refractivity contribution in [2.75, 3.05) is 0 Å². The first-order chi connectivity index (χ1) is 11.7. The van der Waals surface area contributed by atoms with Gasteiger partial charge >= 0.3 is 0 Å². The van der Waals surface area contributed by atoms with E-state index in [0.29, 0.717) is 11.0 Å². The summed E-state index contributed by atoms with van der Waals surface area (Å²) in [5.74, 6) is 2.10. The van der Waals surface area contributed by atoms with Crippen LogP contribution in [-0.2, 0) is 12.2 Å². The molecule has 0 atom stereocenters. The van der Waals surface area contributed by atoms with E-state index >= 15 is 0 Å². The highest BCUT2D eigenvalue weighted by Gasteiger charge is 2.07. The normalized spacial score (nSPS) is 10.6. The molecule has 0 bridgehead atoms. The van der Waals surface area contributed by atoms with Gasteiger partial charge in [-0.15, -0.1) is 0 Å². The van der Waals surface area contributed by atoms with Gasteiger partial charge in [0.2, 0.25) is 5.88 Å². The summed E-state index contributed by atoms with van der Waals surface area (Å²) in [5, 5.41) is 1.45. The van der Waals surface area contributed by atoms with E-state index in [2.05, 4.69) is 16.9 Å². The molecule has 0 amide bonds. The van der Waals surface area contributed by atoms with E-state index in [1.165, 1.54) is 0 Å². The number of para-hydroxylation sites is 1. The number of aromatic nitrogens is 2. The van der Waals surface area contributed by atoms with Gasteiger partial charge in [-0.25, -0.2) is 4.98 Å². The predicted molar refractivity (Wildman–Crippen MR) is 98.9 cm³/mol. The molecule has 0 saturated heterocycles. The fourth-order valence-electron chi connectivity index (χ4n) is 2.13. The van der Waals surface area contributed by atoms with E-state index in [4.69, 9.17) is 16.3 Å². The first-order valence-corrected chi connectivity index (χ1v) is 9.07. The molecule has 0 unspecified atom stereocenters. The van der Waals surface area contributed by atoms with Crippen LogP contribution in [0.15, 0.2) is 65.8 Å². The Kier molecular flexibility index (Phi) is 5.72. The first-order valence-electron chi connectivity index (χ1n) is 7.71. The Morgan fingerprint density at radius 3 is 2.58 bits per heavy atom. The number of aryl methyl sites for hydroxylation is 1. The van der Waals surface area contributed by atoms with Crippen molar-refractivity contribution < 1.29 is 4.74 Å². The van der Waals surface area contributed by atoms with Gasteiger partial charge in [-0.05, 0) is 36.2 Å². The van der Waals surface area contributed by atoms with E-state index in [0.717, 1.165) is 34.2 Å². The molecule has 2 aromatic carbocycles. The third-order valence-electron chi connectivity index (χ3n) is 3.32. The van der Waals surface area contributed by atoms with Gasteiger partial charge in [0, 0.05) is 22.5 Å². The molecule has 3 rings (SSSR count). The molecular weight excluding hydrogens is 340 g/mol. The zero-order valence-corrected chi connectivity index (χ0v) is 14.8. The molecule has 0 fully saturated rings. The van der Waals surface area contributed by atoms with Crippen molar-refractivity contribution in [2.24, 2.45) is 0 Å². The van der Waals surface area contributed by atoms with Gasteiger partial charge in [0.25, 0.3) is 0 Å². The number of nitrogens with zero attached hydrogens (tertiary/aromatic N) is 2. The predicted octanol–water partition coefficient (Wildman–Crippen LogP) is 5.78. The highest BCUT2D eigenvalue weighted by Crippen LogP contribution is 2.26. The van der Waals surface area contributed by atoms with E-state index in [1.54, 1.807) is 11.8 Å². The summed E-state index contributed by atoms with van der Waals surface area (Å²) < 4.78 is 5.85. The summed E-state index contributed by atoms with van der Waals surface area (Å²) in [6.07, 6.45) is 0.832. The van der Waals surface area contributed by atoms with Crippen molar-refractivity contribution in [1.82, 2.24) is 9.97 Å². The minimum absolute atomic E-state index is 0.571. The third kappa shape index (κ3) is 4.73. The Hall–Kier alpha value is -2.04. The maximum Gasteiger partial charge on any atom is 0.223 e. The summed E-state index contributed by atoms with van der Waals surface area (Å²) in [4.78, 5) is 9.08. The number of hydrogen-bond donors (Lipinski definition) is 0. The van der Waals surface area contributed by atoms with E-state index in [1.807, 2.05) is 60.7 Å². The minimum atomic E-state index is 0.571. The molecule has 0 aliphatic rings. The smallest absolute Gasteiger partial charge is 0.223 e. The van der Waals surface area contributed by atoms with Crippen molar-refractivity contribution >= 4 is 23.4 Å². The number of benzene rings is 2. The molecule has 5 heteroatoms. The van der Waals surface area contributed by atoms with Crippen LogP contribution in [0.4, 0.5) is 0 Å². The zero-order chi connectivity index (χ0) is 16.8. The van der Waals surface area contributed by atoms with Crippen LogP contribution in [0.3, 0.4) is 0 Å². The fourth-order valence-corrected chi connectivity index (χ4v) is 3.16. The molecule has 3 aromatic rings. The van der Waals surface area contributed by atoms with Crippen LogP contribution in [0, 0.1) is 0 Å². The molecule has 0 aliphatic carbocycles. The monoisotopic (exact) mass is 356 g/mol. The summed E-state index contributed by atoms with van der Waals surface area (Å²) in [6, 6.07) is 19.4. The second-order valence-corrected chi connectivity index (χ2v) is 6.55. The maximum atomic E-state index is 6.03. The second-order valence-electron chi connectivity index (χ2n) is 5.17. The Morgan fingerprint density at radius 1 is 1.00 bits per heavy atom. The lowest BCUT2D eigenvalue weighted by Crippen LogP contribution is -1.97. The van der Waals surface area contributed by atoms with Crippen molar-refractivity contribution in [2.45, 2.75) is 24.3 Å². The zero-order valence-electron chi connectivity index (χ0n) is 13.3. The van der Waals surface area contributed by atoms with Crippen LogP contribution in [-0.4, -0.2) is 9.97 Å². The summed E-state index contributed by atoms with van der Waals surface area (Å²) >= 11 is 7.60. The molecule has 1 heterocycles. The summed E-state index contributed by atoms with van der Waals surface area (Å²) in [5.41, 5.74) is 2.10. The van der Waals surface area contributed by atoms with Gasteiger partial charge in [-0.3, -0.25) is 0 Å². The van der Waals surface area contributed by atoms with Crippen LogP contribution in [0.25, 0.3) is 0 Å². The van der Waals surface area contributed by atoms with Gasteiger partial charge in [-0.1, -0.05) is 60.6 Å². The molecule has 1 aromatic heterocycles. The highest BCUT2D eigenvalue weighted by molar-refractivity contribution is 7.98. The first kappa shape index (κ1) is 16.8. The third-order valence-corrected chi connectivity index (χ3v) is 4.47. The Balaban J connectivity index is 1.76. The molecule has 122 valence electrons. The standard InChI is InChI=1S/C19H17ClN2OS/c1-2-16-12-18(23-17-9-4-3-5-10-17)22-19(21-16)24-13-14-7-6-8-15(20)11-14/h3-12H,2,13H2,1H3. The molecule has 0 aliphatic heterocycles. The van der Waals surface area contributed by atoms with E-state index in [-0.39, 0.29) is 0 Å². The van der Waals surface area contributed by atoms with Crippen molar-refractivity contribution in [3.63, 3.8) is 0 Å². The van der Waals surface area contributed by atoms with Gasteiger partial charge in [-0.2, -0.15) is 4.98 Å². The van der Waals surface area contributed by atoms with E-state index in [9.17, 15) is 0 Å². The molecule has 0 N–H and O–H groups in total. The maximum absolute atomic E-state index is 6.03.